The van der Waals surface area contributed by atoms with Gasteiger partial charge < -0.3 is 16.4 Å². The van der Waals surface area contributed by atoms with Gasteiger partial charge in [0.25, 0.3) is 0 Å². The standard InChI is InChI=1S/C22H29N5O2.ClH/c23-21-16-5-2-6-17(21)12-18(11-16)22(29)24-13-15-4-1-7-19(10-15)26-20(28)14-27-9-3-8-25-27;/h1,3-4,7-10,16-18,21H,2,5-6,11-14,23H2,(H,24,29)(H,26,28);1H. The number of nitrogens with zero attached hydrogens (tertiary/aromatic N) is 2. The van der Waals surface area contributed by atoms with E-state index in [9.17, 15) is 9.59 Å². The predicted molar refractivity (Wildman–Crippen MR) is 118 cm³/mol. The Morgan fingerprint density at radius 2 is 1.93 bits per heavy atom. The van der Waals surface area contributed by atoms with Gasteiger partial charge in [-0.2, -0.15) is 5.10 Å². The third kappa shape index (κ3) is 5.40. The first-order valence-corrected chi connectivity index (χ1v) is 10.5. The maximum Gasteiger partial charge on any atom is 0.246 e. The minimum absolute atomic E-state index is 0. The van der Waals surface area contributed by atoms with Gasteiger partial charge in [-0.25, -0.2) is 0 Å². The highest BCUT2D eigenvalue weighted by atomic mass is 35.5. The Bertz CT molecular complexity index is 843. The largest absolute Gasteiger partial charge is 0.352 e. The Morgan fingerprint density at radius 3 is 2.63 bits per heavy atom. The summed E-state index contributed by atoms with van der Waals surface area (Å²) >= 11 is 0. The summed E-state index contributed by atoms with van der Waals surface area (Å²) in [5.41, 5.74) is 8.01. The van der Waals surface area contributed by atoms with Gasteiger partial charge in [0.1, 0.15) is 6.54 Å². The van der Waals surface area contributed by atoms with Crippen molar-refractivity contribution in [1.29, 1.82) is 0 Å². The van der Waals surface area contributed by atoms with E-state index in [2.05, 4.69) is 15.7 Å². The molecular weight excluding hydrogens is 402 g/mol. The van der Waals surface area contributed by atoms with Crippen molar-refractivity contribution in [1.82, 2.24) is 15.1 Å². The van der Waals surface area contributed by atoms with Crippen LogP contribution in [0.3, 0.4) is 0 Å². The molecule has 1 aromatic heterocycles. The second-order valence-corrected chi connectivity index (χ2v) is 8.37. The van der Waals surface area contributed by atoms with Gasteiger partial charge in [-0.1, -0.05) is 18.6 Å². The van der Waals surface area contributed by atoms with Crippen molar-refractivity contribution in [2.75, 3.05) is 5.32 Å². The molecule has 0 saturated heterocycles. The van der Waals surface area contributed by atoms with Crippen molar-refractivity contribution < 1.29 is 9.59 Å². The number of benzene rings is 1. The molecule has 0 radical (unpaired) electrons. The zero-order valence-electron chi connectivity index (χ0n) is 17.0. The molecule has 2 fully saturated rings. The van der Waals surface area contributed by atoms with Crippen molar-refractivity contribution in [3.05, 3.63) is 48.3 Å². The second kappa shape index (κ2) is 10.1. The van der Waals surface area contributed by atoms with Gasteiger partial charge in [-0.05, 0) is 61.3 Å². The highest BCUT2D eigenvalue weighted by Crippen LogP contribution is 2.41. The lowest BCUT2D eigenvalue weighted by Crippen LogP contribution is -2.49. The average Bonchev–Trinajstić information content (AvgIpc) is 3.19. The lowest BCUT2D eigenvalue weighted by molar-refractivity contribution is -0.128. The number of fused-ring (bicyclic) bond motifs is 2. The van der Waals surface area contributed by atoms with Crippen LogP contribution in [0, 0.1) is 17.8 Å². The second-order valence-electron chi connectivity index (χ2n) is 8.37. The molecule has 2 aromatic rings. The van der Waals surface area contributed by atoms with Crippen LogP contribution in [0.15, 0.2) is 42.7 Å². The smallest absolute Gasteiger partial charge is 0.246 e. The molecule has 0 spiro atoms. The van der Waals surface area contributed by atoms with Crippen LogP contribution in [0.5, 0.6) is 0 Å². The quantitative estimate of drug-likeness (QED) is 0.654. The number of nitrogens with one attached hydrogen (secondary N) is 2. The lowest BCUT2D eigenvalue weighted by atomic mass is 9.65. The first kappa shape index (κ1) is 22.3. The fraction of sp³-hybridized carbons (Fsp3) is 0.500. The third-order valence-corrected chi connectivity index (χ3v) is 6.33. The predicted octanol–water partition coefficient (Wildman–Crippen LogP) is 2.71. The monoisotopic (exact) mass is 431 g/mol. The van der Waals surface area contributed by atoms with E-state index in [0.29, 0.717) is 24.1 Å². The molecule has 4 rings (SSSR count). The Balaban J connectivity index is 0.00000256. The molecule has 7 nitrogen and oxygen atoms in total. The lowest BCUT2D eigenvalue weighted by Gasteiger charge is -2.43. The molecule has 2 unspecified atom stereocenters. The number of rotatable bonds is 6. The Labute approximate surface area is 183 Å². The van der Waals surface area contributed by atoms with Crippen LogP contribution in [-0.2, 0) is 22.7 Å². The summed E-state index contributed by atoms with van der Waals surface area (Å²) in [7, 11) is 0. The summed E-state index contributed by atoms with van der Waals surface area (Å²) in [4.78, 5) is 24.9. The van der Waals surface area contributed by atoms with Gasteiger partial charge in [0, 0.05) is 36.6 Å². The van der Waals surface area contributed by atoms with Gasteiger partial charge in [-0.3, -0.25) is 14.3 Å². The zero-order chi connectivity index (χ0) is 20.2. The number of aromatic nitrogens is 2. The molecule has 2 aliphatic carbocycles. The number of carbonyl (C=O) groups is 2. The highest BCUT2D eigenvalue weighted by molar-refractivity contribution is 5.90. The van der Waals surface area contributed by atoms with Crippen LogP contribution >= 0.6 is 12.4 Å². The summed E-state index contributed by atoms with van der Waals surface area (Å²) < 4.78 is 1.57. The average molecular weight is 432 g/mol. The van der Waals surface area contributed by atoms with Crippen LogP contribution in [0.1, 0.15) is 37.7 Å². The van der Waals surface area contributed by atoms with E-state index in [1.807, 2.05) is 24.3 Å². The molecule has 2 aliphatic rings. The minimum Gasteiger partial charge on any atom is -0.352 e. The Morgan fingerprint density at radius 1 is 1.17 bits per heavy atom. The van der Waals surface area contributed by atoms with Gasteiger partial charge in [0.2, 0.25) is 11.8 Å². The van der Waals surface area contributed by atoms with Crippen LogP contribution in [-0.4, -0.2) is 27.6 Å². The number of anilines is 1. The minimum atomic E-state index is -0.139. The van der Waals surface area contributed by atoms with E-state index in [4.69, 9.17) is 5.73 Å². The number of hydrogen-bond acceptors (Lipinski definition) is 4. The fourth-order valence-corrected chi connectivity index (χ4v) is 4.84. The molecule has 2 atom stereocenters. The summed E-state index contributed by atoms with van der Waals surface area (Å²) in [6.45, 7) is 0.625. The van der Waals surface area contributed by atoms with Crippen molar-refractivity contribution in [3.8, 4) is 0 Å². The molecule has 4 N–H and O–H groups in total. The first-order chi connectivity index (χ1) is 14.1. The molecule has 0 aliphatic heterocycles. The van der Waals surface area contributed by atoms with Crippen molar-refractivity contribution in [3.63, 3.8) is 0 Å². The molecule has 162 valence electrons. The first-order valence-electron chi connectivity index (χ1n) is 10.5. The molecule has 8 heteroatoms. The summed E-state index contributed by atoms with van der Waals surface area (Å²) in [5.74, 6) is 1.04. The SMILES string of the molecule is Cl.NC1C2CCCC1CC(C(=O)NCc1cccc(NC(=O)Cn3cccn3)c1)C2. The van der Waals surface area contributed by atoms with E-state index in [0.717, 1.165) is 31.2 Å². The molecule has 2 amide bonds. The van der Waals surface area contributed by atoms with E-state index in [-0.39, 0.29) is 42.7 Å². The van der Waals surface area contributed by atoms with Crippen LogP contribution in [0.4, 0.5) is 5.69 Å². The van der Waals surface area contributed by atoms with Crippen molar-refractivity contribution >= 4 is 29.9 Å². The maximum atomic E-state index is 12.7. The van der Waals surface area contributed by atoms with Gasteiger partial charge in [0.05, 0.1) is 0 Å². The van der Waals surface area contributed by atoms with E-state index in [1.54, 1.807) is 23.1 Å². The van der Waals surface area contributed by atoms with Crippen LogP contribution in [0.2, 0.25) is 0 Å². The van der Waals surface area contributed by atoms with Gasteiger partial charge in [-0.15, -0.1) is 12.4 Å². The van der Waals surface area contributed by atoms with Crippen molar-refractivity contribution in [2.45, 2.75) is 51.2 Å². The number of amides is 2. The van der Waals surface area contributed by atoms with Crippen LogP contribution in [0.25, 0.3) is 0 Å². The molecule has 2 bridgehead atoms. The summed E-state index contributed by atoms with van der Waals surface area (Å²) in [6, 6.07) is 9.63. The van der Waals surface area contributed by atoms with Crippen LogP contribution < -0.4 is 16.4 Å². The third-order valence-electron chi connectivity index (χ3n) is 6.33. The molecule has 1 aromatic carbocycles. The number of nitrogens with two attached hydrogens (primary N) is 1. The molecular formula is C22H30ClN5O2. The molecule has 1 heterocycles. The summed E-state index contributed by atoms with van der Waals surface area (Å²) in [5, 5.41) is 9.99. The number of hydrogen-bond donors (Lipinski definition) is 3. The molecule has 30 heavy (non-hydrogen) atoms. The van der Waals surface area contributed by atoms with Crippen molar-refractivity contribution in [2.24, 2.45) is 23.5 Å². The fourth-order valence-electron chi connectivity index (χ4n) is 4.84. The highest BCUT2D eigenvalue weighted by Gasteiger charge is 2.40. The Kier molecular flexibility index (Phi) is 7.50. The number of carbonyl (C=O) groups excluding carboxylic acids is 2. The molecule has 2 saturated carbocycles. The number of halogens is 1. The van der Waals surface area contributed by atoms with Gasteiger partial charge in [0.15, 0.2) is 0 Å². The van der Waals surface area contributed by atoms with E-state index >= 15 is 0 Å². The van der Waals surface area contributed by atoms with E-state index < -0.39 is 0 Å². The zero-order valence-corrected chi connectivity index (χ0v) is 17.8. The van der Waals surface area contributed by atoms with Gasteiger partial charge >= 0.3 is 0 Å². The Hall–Kier alpha value is -2.38. The topological polar surface area (TPSA) is 102 Å². The van der Waals surface area contributed by atoms with E-state index in [1.165, 1.54) is 6.42 Å². The maximum absolute atomic E-state index is 12.7. The normalized spacial score (nSPS) is 25.1. The summed E-state index contributed by atoms with van der Waals surface area (Å²) in [6.07, 6.45) is 8.77.